The minimum atomic E-state index is -5.17. The van der Waals surface area contributed by atoms with Gasteiger partial charge in [0.15, 0.2) is 0 Å². The van der Waals surface area contributed by atoms with Crippen molar-refractivity contribution in [2.75, 3.05) is 0 Å². The zero-order valence-electron chi connectivity index (χ0n) is 3.70. The van der Waals surface area contributed by atoms with Crippen molar-refractivity contribution in [3.05, 3.63) is 0 Å². The van der Waals surface area contributed by atoms with E-state index in [-0.39, 0.29) is 67.5 Å². The molecule has 0 saturated carbocycles. The van der Waals surface area contributed by atoms with Crippen molar-refractivity contribution in [2.24, 2.45) is 0 Å². The first kappa shape index (κ1) is 22.5. The first-order chi connectivity index (χ1) is 2.00. The fourth-order valence-electron chi connectivity index (χ4n) is 0. The SMILES string of the molecule is O=S(=O)([O-])[O-].[Al+3].[Ca+2].[Cl-]. The standard InChI is InChI=1S/Al.Ca.ClH.H2O4S/c;;;1-5(2,3)4/h;;1H;(H2,1,2,3,4)/q+3;+2;;/p-3. The largest absolute Gasteiger partial charge is 3.00 e. The molecular weight excluding hydrogens is 199 g/mol. The van der Waals surface area contributed by atoms with Crippen molar-refractivity contribution in [1.29, 1.82) is 0 Å². The molecule has 8 heteroatoms. The molecule has 0 N–H and O–H groups in total. The van der Waals surface area contributed by atoms with Gasteiger partial charge >= 0.3 is 55.1 Å². The van der Waals surface area contributed by atoms with Crippen LogP contribution in [0.15, 0.2) is 0 Å². The van der Waals surface area contributed by atoms with Gasteiger partial charge in [0.1, 0.15) is 0 Å². The average Bonchev–Trinajstić information content (AvgIpc) is 0.722. The Morgan fingerprint density at radius 3 is 1.12 bits per heavy atom. The summed E-state index contributed by atoms with van der Waals surface area (Å²) in [5.41, 5.74) is 0. The van der Waals surface area contributed by atoms with Gasteiger partial charge in [-0.3, -0.25) is 8.42 Å². The number of halogens is 1. The Morgan fingerprint density at radius 2 is 1.12 bits per heavy atom. The number of hydrogen-bond donors (Lipinski definition) is 0. The molecule has 0 heterocycles. The van der Waals surface area contributed by atoms with Gasteiger partial charge < -0.3 is 21.5 Å². The third-order valence-corrected chi connectivity index (χ3v) is 0. The molecule has 0 unspecified atom stereocenters. The quantitative estimate of drug-likeness (QED) is 0.222. The summed E-state index contributed by atoms with van der Waals surface area (Å²) in [6.07, 6.45) is 0. The number of rotatable bonds is 0. The van der Waals surface area contributed by atoms with E-state index in [0.717, 1.165) is 0 Å². The second-order valence-electron chi connectivity index (χ2n) is 0.408. The summed E-state index contributed by atoms with van der Waals surface area (Å²) in [7, 11) is -5.17. The second-order valence-corrected chi connectivity index (χ2v) is 1.22. The van der Waals surface area contributed by atoms with Crippen LogP contribution in [0.5, 0.6) is 0 Å². The van der Waals surface area contributed by atoms with Crippen LogP contribution in [-0.4, -0.2) is 72.6 Å². The molecule has 0 saturated heterocycles. The van der Waals surface area contributed by atoms with Gasteiger partial charge in [0.05, 0.1) is 0 Å². The summed E-state index contributed by atoms with van der Waals surface area (Å²) in [5.74, 6) is 0. The Morgan fingerprint density at radius 1 is 1.12 bits per heavy atom. The van der Waals surface area contributed by atoms with Crippen molar-refractivity contribution < 1.29 is 29.9 Å². The van der Waals surface area contributed by atoms with E-state index in [2.05, 4.69) is 0 Å². The maximum absolute atomic E-state index is 8.52. The molecule has 0 aliphatic rings. The van der Waals surface area contributed by atoms with E-state index in [9.17, 15) is 0 Å². The third kappa shape index (κ3) is 101. The summed E-state index contributed by atoms with van der Waals surface area (Å²) >= 11 is 0. The Balaban J connectivity index is -0.0000000267. The van der Waals surface area contributed by atoms with Gasteiger partial charge in [-0.15, -0.1) is 0 Å². The normalized spacial score (nSPS) is 7.25. The third-order valence-electron chi connectivity index (χ3n) is 0. The van der Waals surface area contributed by atoms with Crippen LogP contribution in [0, 0.1) is 0 Å². The van der Waals surface area contributed by atoms with E-state index >= 15 is 0 Å². The minimum Gasteiger partial charge on any atom is -1.00 e. The van der Waals surface area contributed by atoms with Crippen molar-refractivity contribution in [3.63, 3.8) is 0 Å². The summed E-state index contributed by atoms with van der Waals surface area (Å²) in [6, 6.07) is 0. The molecule has 0 aromatic heterocycles. The van der Waals surface area contributed by atoms with Gasteiger partial charge in [0.25, 0.3) is 0 Å². The Kier molecular flexibility index (Phi) is 25.2. The number of hydrogen-bond acceptors (Lipinski definition) is 4. The molecule has 0 fully saturated rings. The van der Waals surface area contributed by atoms with Crippen molar-refractivity contribution in [2.45, 2.75) is 0 Å². The van der Waals surface area contributed by atoms with E-state index in [1.807, 2.05) is 0 Å². The topological polar surface area (TPSA) is 80.3 Å². The van der Waals surface area contributed by atoms with Crippen LogP contribution in [0.25, 0.3) is 0 Å². The minimum absolute atomic E-state index is 0. The molecule has 0 aromatic rings. The first-order valence-electron chi connectivity index (χ1n) is 0.667. The van der Waals surface area contributed by atoms with E-state index in [4.69, 9.17) is 17.5 Å². The van der Waals surface area contributed by atoms with Crippen molar-refractivity contribution in [3.8, 4) is 0 Å². The molecule has 0 aromatic carbocycles. The predicted molar refractivity (Wildman–Crippen MR) is 22.0 cm³/mol. The molecule has 0 aliphatic heterocycles. The molecule has 0 spiro atoms. The van der Waals surface area contributed by atoms with Gasteiger partial charge in [0, 0.05) is 10.4 Å². The summed E-state index contributed by atoms with van der Waals surface area (Å²) in [5, 5.41) is 0. The van der Waals surface area contributed by atoms with Gasteiger partial charge in [0.2, 0.25) is 0 Å². The molecule has 0 bridgehead atoms. The Hall–Kier alpha value is 1.95. The fourth-order valence-corrected chi connectivity index (χ4v) is 0. The van der Waals surface area contributed by atoms with Crippen LogP contribution < -0.4 is 12.4 Å². The van der Waals surface area contributed by atoms with Crippen molar-refractivity contribution in [1.82, 2.24) is 0 Å². The van der Waals surface area contributed by atoms with Crippen LogP contribution in [0.2, 0.25) is 0 Å². The van der Waals surface area contributed by atoms with Crippen LogP contribution in [0.3, 0.4) is 0 Å². The maximum Gasteiger partial charge on any atom is 3.00 e. The van der Waals surface area contributed by atoms with Gasteiger partial charge in [-0.05, 0) is 0 Å². The van der Waals surface area contributed by atoms with Crippen molar-refractivity contribution >= 4 is 65.5 Å². The molecule has 0 amide bonds. The van der Waals surface area contributed by atoms with Crippen LogP contribution in [-0.2, 0) is 10.4 Å². The summed E-state index contributed by atoms with van der Waals surface area (Å²) in [6.45, 7) is 0. The molecule has 8 heavy (non-hydrogen) atoms. The molecule has 0 atom stereocenters. The van der Waals surface area contributed by atoms with Crippen LogP contribution >= 0.6 is 0 Å². The van der Waals surface area contributed by atoms with Gasteiger partial charge in [-0.1, -0.05) is 0 Å². The molecule has 40 valence electrons. The monoisotopic (exact) mass is 198 g/mol. The smallest absolute Gasteiger partial charge is 1.00 e. The molecule has 4 nitrogen and oxygen atoms in total. The maximum atomic E-state index is 8.52. The summed E-state index contributed by atoms with van der Waals surface area (Å²) in [4.78, 5) is 0. The second kappa shape index (κ2) is 8.95. The van der Waals surface area contributed by atoms with Crippen LogP contribution in [0.4, 0.5) is 0 Å². The Labute approximate surface area is 94.1 Å². The predicted octanol–water partition coefficient (Wildman–Crippen LogP) is -5.10. The van der Waals surface area contributed by atoms with E-state index in [1.165, 1.54) is 0 Å². The van der Waals surface area contributed by atoms with Crippen LogP contribution in [0.1, 0.15) is 0 Å². The summed E-state index contributed by atoms with van der Waals surface area (Å²) < 4.78 is 34.1. The fraction of sp³-hybridized carbons (Fsp3) is 0. The van der Waals surface area contributed by atoms with E-state index < -0.39 is 10.4 Å². The van der Waals surface area contributed by atoms with E-state index in [1.54, 1.807) is 0 Å². The zero-order valence-corrected chi connectivity index (χ0v) is 8.64. The molecule has 0 radical (unpaired) electrons. The zero-order chi connectivity index (χ0) is 4.50. The average molecular weight is 199 g/mol. The van der Waals surface area contributed by atoms with Gasteiger partial charge in [-0.25, -0.2) is 0 Å². The first-order valence-corrected chi connectivity index (χ1v) is 2.00. The van der Waals surface area contributed by atoms with Gasteiger partial charge in [-0.2, -0.15) is 0 Å². The Bertz CT molecular complexity index is 99.2. The molecule has 0 aliphatic carbocycles. The van der Waals surface area contributed by atoms with E-state index in [0.29, 0.717) is 0 Å². The molecular formula is AlCaClO4S+2. The molecule has 0 rings (SSSR count).